The highest BCUT2D eigenvalue weighted by Crippen LogP contribution is 2.20. The Morgan fingerprint density at radius 3 is 2.88 bits per heavy atom. The molecule has 1 N–H and O–H groups in total. The van der Waals surface area contributed by atoms with E-state index in [1.165, 1.54) is 17.0 Å². The maximum Gasteiger partial charge on any atom is 0.138 e. The number of nitrogens with zero attached hydrogens (tertiary/aromatic N) is 2. The predicted octanol–water partition coefficient (Wildman–Crippen LogP) is 2.33. The number of rotatable bonds is 4. The summed E-state index contributed by atoms with van der Waals surface area (Å²) >= 11 is 1.91. The quantitative estimate of drug-likeness (QED) is 0.891. The molecule has 0 saturated carbocycles. The Morgan fingerprint density at radius 1 is 1.35 bits per heavy atom. The zero-order valence-corrected chi connectivity index (χ0v) is 11.7. The van der Waals surface area contributed by atoms with Gasteiger partial charge in [-0.25, -0.2) is 9.97 Å². The normalized spacial score (nSPS) is 15.1. The molecule has 0 radical (unpaired) electrons. The smallest absolute Gasteiger partial charge is 0.138 e. The van der Waals surface area contributed by atoms with Crippen LogP contribution in [0.4, 0.5) is 0 Å². The summed E-state index contributed by atoms with van der Waals surface area (Å²) < 4.78 is 0. The second-order valence-electron chi connectivity index (χ2n) is 4.65. The Kier molecular flexibility index (Phi) is 4.40. The predicted molar refractivity (Wildman–Crippen MR) is 73.3 cm³/mol. The summed E-state index contributed by atoms with van der Waals surface area (Å²) in [6.07, 6.45) is 2.05. The van der Waals surface area contributed by atoms with Gasteiger partial charge in [-0.05, 0) is 11.7 Å². The van der Waals surface area contributed by atoms with Crippen molar-refractivity contribution in [2.75, 3.05) is 6.54 Å². The molecule has 1 aliphatic heterocycles. The molecule has 1 aromatic heterocycles. The van der Waals surface area contributed by atoms with Crippen LogP contribution >= 0.6 is 11.8 Å². The van der Waals surface area contributed by atoms with Gasteiger partial charge in [0.2, 0.25) is 0 Å². The fourth-order valence-electron chi connectivity index (χ4n) is 2.07. The van der Waals surface area contributed by atoms with Gasteiger partial charge < -0.3 is 5.32 Å². The van der Waals surface area contributed by atoms with Gasteiger partial charge in [0, 0.05) is 30.8 Å². The first-order valence-corrected chi connectivity index (χ1v) is 7.45. The van der Waals surface area contributed by atoms with E-state index in [4.69, 9.17) is 9.97 Å². The summed E-state index contributed by atoms with van der Waals surface area (Å²) in [6, 6.07) is 0. The van der Waals surface area contributed by atoms with Gasteiger partial charge in [0.1, 0.15) is 5.82 Å². The van der Waals surface area contributed by atoms with Crippen molar-refractivity contribution >= 4 is 11.8 Å². The molecule has 1 aliphatic rings. The van der Waals surface area contributed by atoms with Crippen LogP contribution < -0.4 is 5.32 Å². The summed E-state index contributed by atoms with van der Waals surface area (Å²) in [6.45, 7) is 8.60. The molecule has 2 rings (SSSR count). The maximum absolute atomic E-state index is 4.72. The van der Waals surface area contributed by atoms with E-state index >= 15 is 0 Å². The molecule has 17 heavy (non-hydrogen) atoms. The molecule has 0 atom stereocenters. The lowest BCUT2D eigenvalue weighted by Gasteiger charge is -2.19. The maximum atomic E-state index is 4.72. The van der Waals surface area contributed by atoms with Crippen LogP contribution in [0.3, 0.4) is 0 Å². The van der Waals surface area contributed by atoms with E-state index in [0.29, 0.717) is 5.25 Å². The molecule has 3 nitrogen and oxygen atoms in total. The first-order valence-electron chi connectivity index (χ1n) is 6.40. The number of aromatic nitrogens is 2. The third-order valence-corrected chi connectivity index (χ3v) is 4.04. The second kappa shape index (κ2) is 5.83. The van der Waals surface area contributed by atoms with Crippen LogP contribution in [0.25, 0.3) is 0 Å². The number of hydrogen-bond acceptors (Lipinski definition) is 4. The molecular weight excluding hydrogens is 230 g/mol. The van der Waals surface area contributed by atoms with Crippen molar-refractivity contribution in [3.05, 3.63) is 22.8 Å². The molecule has 2 heterocycles. The Bertz CT molecular complexity index is 373. The Labute approximate surface area is 108 Å². The largest absolute Gasteiger partial charge is 0.312 e. The standard InChI is InChI=1S/C13H21N3S/c1-4-11-10-7-14-6-5-12(10)16-13(15-11)8-17-9(2)3/h9,14H,4-8H2,1-3H3. The Morgan fingerprint density at radius 2 is 2.18 bits per heavy atom. The van der Waals surface area contributed by atoms with Gasteiger partial charge in [-0.3, -0.25) is 0 Å². The molecule has 1 aromatic rings. The van der Waals surface area contributed by atoms with Gasteiger partial charge in [0.15, 0.2) is 0 Å². The number of aryl methyl sites for hydroxylation is 1. The van der Waals surface area contributed by atoms with Crippen molar-refractivity contribution in [3.63, 3.8) is 0 Å². The van der Waals surface area contributed by atoms with Crippen LogP contribution in [0.5, 0.6) is 0 Å². The lowest BCUT2D eigenvalue weighted by Crippen LogP contribution is -2.27. The van der Waals surface area contributed by atoms with Gasteiger partial charge in [0.05, 0.1) is 11.4 Å². The highest BCUT2D eigenvalue weighted by molar-refractivity contribution is 7.99. The first kappa shape index (κ1) is 12.8. The van der Waals surface area contributed by atoms with Gasteiger partial charge >= 0.3 is 0 Å². The van der Waals surface area contributed by atoms with Crippen LogP contribution in [0, 0.1) is 0 Å². The molecule has 0 aliphatic carbocycles. The van der Waals surface area contributed by atoms with Crippen molar-refractivity contribution in [2.45, 2.75) is 51.2 Å². The molecule has 94 valence electrons. The number of hydrogen-bond donors (Lipinski definition) is 1. The van der Waals surface area contributed by atoms with Crippen LogP contribution in [0.2, 0.25) is 0 Å². The van der Waals surface area contributed by atoms with E-state index in [-0.39, 0.29) is 0 Å². The van der Waals surface area contributed by atoms with Crippen LogP contribution in [-0.4, -0.2) is 21.8 Å². The van der Waals surface area contributed by atoms with Crippen LogP contribution in [0.1, 0.15) is 43.5 Å². The van der Waals surface area contributed by atoms with Gasteiger partial charge in [-0.15, -0.1) is 0 Å². The van der Waals surface area contributed by atoms with Gasteiger partial charge in [0.25, 0.3) is 0 Å². The van der Waals surface area contributed by atoms with Crippen molar-refractivity contribution in [3.8, 4) is 0 Å². The minimum atomic E-state index is 0.640. The SMILES string of the molecule is CCc1nc(CSC(C)C)nc2c1CNCC2. The second-order valence-corrected chi connectivity index (χ2v) is 6.22. The summed E-state index contributed by atoms with van der Waals surface area (Å²) in [4.78, 5) is 9.43. The zero-order valence-electron chi connectivity index (χ0n) is 10.9. The van der Waals surface area contributed by atoms with E-state index in [9.17, 15) is 0 Å². The Balaban J connectivity index is 2.23. The number of thioether (sulfide) groups is 1. The van der Waals surface area contributed by atoms with Gasteiger partial charge in [-0.2, -0.15) is 11.8 Å². The molecule has 0 saturated heterocycles. The van der Waals surface area contributed by atoms with E-state index in [1.54, 1.807) is 0 Å². The van der Waals surface area contributed by atoms with Crippen LogP contribution in [0.15, 0.2) is 0 Å². The molecule has 0 unspecified atom stereocenters. The molecule has 0 bridgehead atoms. The summed E-state index contributed by atoms with van der Waals surface area (Å²) in [7, 11) is 0. The third kappa shape index (κ3) is 3.19. The monoisotopic (exact) mass is 251 g/mol. The van der Waals surface area contributed by atoms with Crippen molar-refractivity contribution in [1.82, 2.24) is 15.3 Å². The number of fused-ring (bicyclic) bond motifs is 1. The molecular formula is C13H21N3S. The molecule has 0 amide bonds. The van der Waals surface area contributed by atoms with Crippen molar-refractivity contribution in [1.29, 1.82) is 0 Å². The highest BCUT2D eigenvalue weighted by Gasteiger charge is 2.16. The minimum absolute atomic E-state index is 0.640. The van der Waals surface area contributed by atoms with Crippen molar-refractivity contribution < 1.29 is 0 Å². The van der Waals surface area contributed by atoms with E-state index in [1.807, 2.05) is 11.8 Å². The lowest BCUT2D eigenvalue weighted by molar-refractivity contribution is 0.613. The fraction of sp³-hybridized carbons (Fsp3) is 0.692. The van der Waals surface area contributed by atoms with E-state index in [0.717, 1.165) is 37.5 Å². The molecule has 0 fully saturated rings. The fourth-order valence-corrected chi connectivity index (χ4v) is 2.68. The third-order valence-electron chi connectivity index (χ3n) is 2.95. The zero-order chi connectivity index (χ0) is 12.3. The molecule has 0 spiro atoms. The van der Waals surface area contributed by atoms with E-state index < -0.39 is 0 Å². The van der Waals surface area contributed by atoms with Gasteiger partial charge in [-0.1, -0.05) is 20.8 Å². The Hall–Kier alpha value is -0.610. The minimum Gasteiger partial charge on any atom is -0.312 e. The van der Waals surface area contributed by atoms with E-state index in [2.05, 4.69) is 26.1 Å². The average molecular weight is 251 g/mol. The number of nitrogens with one attached hydrogen (secondary N) is 1. The highest BCUT2D eigenvalue weighted by atomic mass is 32.2. The average Bonchev–Trinajstić information content (AvgIpc) is 2.35. The molecule has 4 heteroatoms. The molecule has 0 aromatic carbocycles. The first-order chi connectivity index (χ1) is 8.20. The summed E-state index contributed by atoms with van der Waals surface area (Å²) in [5, 5.41) is 4.04. The topological polar surface area (TPSA) is 37.8 Å². The summed E-state index contributed by atoms with van der Waals surface area (Å²) in [5.41, 5.74) is 3.86. The van der Waals surface area contributed by atoms with Crippen molar-refractivity contribution in [2.24, 2.45) is 0 Å². The lowest BCUT2D eigenvalue weighted by atomic mass is 10.0. The summed E-state index contributed by atoms with van der Waals surface area (Å²) in [5.74, 6) is 1.95. The van der Waals surface area contributed by atoms with Crippen LogP contribution in [-0.2, 0) is 25.1 Å².